The number of amides is 1. The lowest BCUT2D eigenvalue weighted by Crippen LogP contribution is -2.16. The van der Waals surface area contributed by atoms with E-state index in [0.29, 0.717) is 22.9 Å². The molecule has 1 amide bonds. The molecule has 170 valence electrons. The Hall–Kier alpha value is -4.72. The van der Waals surface area contributed by atoms with Crippen LogP contribution in [0, 0.1) is 5.82 Å². The number of hydrogen-bond acceptors (Lipinski definition) is 5. The first-order valence-electron chi connectivity index (χ1n) is 10.2. The van der Waals surface area contributed by atoms with Crippen LogP contribution in [0.2, 0.25) is 0 Å². The molecule has 0 spiro atoms. The van der Waals surface area contributed by atoms with Gasteiger partial charge >= 0.3 is 5.97 Å². The molecule has 0 aliphatic rings. The van der Waals surface area contributed by atoms with Gasteiger partial charge in [0.25, 0.3) is 5.91 Å². The quantitative estimate of drug-likeness (QED) is 0.393. The summed E-state index contributed by atoms with van der Waals surface area (Å²) in [6.07, 6.45) is 0. The Balaban J connectivity index is 1.63. The van der Waals surface area contributed by atoms with E-state index in [9.17, 15) is 14.0 Å². The topological polar surface area (TPSA) is 106 Å². The zero-order chi connectivity index (χ0) is 24.2. The zero-order valence-electron chi connectivity index (χ0n) is 18.1. The number of ether oxygens (including phenoxy) is 1. The van der Waals surface area contributed by atoms with Gasteiger partial charge in [0.1, 0.15) is 23.0 Å². The summed E-state index contributed by atoms with van der Waals surface area (Å²) >= 11 is 0. The molecule has 1 heterocycles. The number of pyridine rings is 1. The van der Waals surface area contributed by atoms with Crippen molar-refractivity contribution in [1.82, 2.24) is 4.98 Å². The number of carbonyl (C=O) groups is 2. The number of rotatable bonds is 7. The standard InChI is InChI=1S/C26H20FN3O4/c1-30(19-8-2-17(3-9-19)26(32)33)20-14-23(29-24(15-20)25(28)31)16-4-10-21(11-5-16)34-22-12-6-18(27)7-13-22/h2-15H,1H3,(H2,28,31)(H,32,33). The molecule has 0 bridgehead atoms. The normalized spacial score (nSPS) is 10.5. The summed E-state index contributed by atoms with van der Waals surface area (Å²) in [6, 6.07) is 22.5. The maximum atomic E-state index is 13.1. The first-order valence-corrected chi connectivity index (χ1v) is 10.2. The molecular formula is C26H20FN3O4. The van der Waals surface area contributed by atoms with E-state index < -0.39 is 11.9 Å². The van der Waals surface area contributed by atoms with E-state index in [1.54, 1.807) is 60.5 Å². The minimum Gasteiger partial charge on any atom is -0.478 e. The molecule has 1 aromatic heterocycles. The Morgan fingerprint density at radius 3 is 2.03 bits per heavy atom. The summed E-state index contributed by atoms with van der Waals surface area (Å²) in [5.41, 5.74) is 8.39. The number of primary amides is 1. The molecule has 3 N–H and O–H groups in total. The third kappa shape index (κ3) is 5.02. The summed E-state index contributed by atoms with van der Waals surface area (Å²) in [6.45, 7) is 0. The molecule has 3 aromatic carbocycles. The minimum atomic E-state index is -1.01. The molecule has 0 atom stereocenters. The van der Waals surface area contributed by atoms with Gasteiger partial charge in [-0.25, -0.2) is 14.2 Å². The number of hydrogen-bond donors (Lipinski definition) is 2. The van der Waals surface area contributed by atoms with Gasteiger partial charge in [-0.05, 0) is 84.9 Å². The Kier molecular flexibility index (Phi) is 6.22. The lowest BCUT2D eigenvalue weighted by molar-refractivity contribution is 0.0696. The van der Waals surface area contributed by atoms with Crippen molar-refractivity contribution in [1.29, 1.82) is 0 Å². The number of anilines is 2. The van der Waals surface area contributed by atoms with Crippen LogP contribution < -0.4 is 15.4 Å². The molecule has 0 aliphatic carbocycles. The first-order chi connectivity index (χ1) is 16.3. The highest BCUT2D eigenvalue weighted by atomic mass is 19.1. The highest BCUT2D eigenvalue weighted by molar-refractivity contribution is 5.93. The molecule has 0 aliphatic heterocycles. The number of aromatic nitrogens is 1. The Bertz CT molecular complexity index is 1340. The summed E-state index contributed by atoms with van der Waals surface area (Å²) < 4.78 is 18.8. The number of carboxylic acid groups (broad SMARTS) is 1. The van der Waals surface area contributed by atoms with Crippen molar-refractivity contribution in [2.24, 2.45) is 5.73 Å². The number of nitrogens with zero attached hydrogens (tertiary/aromatic N) is 2. The molecule has 8 heteroatoms. The van der Waals surface area contributed by atoms with Gasteiger partial charge in [0.15, 0.2) is 0 Å². The summed E-state index contributed by atoms with van der Waals surface area (Å²) in [4.78, 5) is 29.2. The van der Waals surface area contributed by atoms with E-state index in [0.717, 1.165) is 11.3 Å². The monoisotopic (exact) mass is 457 g/mol. The predicted octanol–water partition coefficient (Wildman–Crippen LogP) is 5.25. The lowest BCUT2D eigenvalue weighted by atomic mass is 10.1. The second-order valence-corrected chi connectivity index (χ2v) is 7.45. The van der Waals surface area contributed by atoms with E-state index in [2.05, 4.69) is 4.98 Å². The maximum absolute atomic E-state index is 13.1. The van der Waals surface area contributed by atoms with E-state index in [1.165, 1.54) is 36.4 Å². The lowest BCUT2D eigenvalue weighted by Gasteiger charge is -2.21. The molecule has 0 fully saturated rings. The Morgan fingerprint density at radius 2 is 1.47 bits per heavy atom. The number of benzene rings is 3. The number of carboxylic acids is 1. The molecule has 4 rings (SSSR count). The van der Waals surface area contributed by atoms with E-state index in [4.69, 9.17) is 15.6 Å². The summed E-state index contributed by atoms with van der Waals surface area (Å²) in [5.74, 6) is -0.975. The third-order valence-electron chi connectivity index (χ3n) is 5.15. The van der Waals surface area contributed by atoms with E-state index >= 15 is 0 Å². The van der Waals surface area contributed by atoms with Crippen LogP contribution in [-0.2, 0) is 0 Å². The molecule has 4 aromatic rings. The Labute approximate surface area is 194 Å². The molecular weight excluding hydrogens is 437 g/mol. The average Bonchev–Trinajstić information content (AvgIpc) is 2.85. The molecule has 7 nitrogen and oxygen atoms in total. The van der Waals surface area contributed by atoms with Crippen molar-refractivity contribution in [2.45, 2.75) is 0 Å². The van der Waals surface area contributed by atoms with Gasteiger partial charge in [0, 0.05) is 24.0 Å². The summed E-state index contributed by atoms with van der Waals surface area (Å²) in [5, 5.41) is 9.11. The van der Waals surface area contributed by atoms with E-state index in [1.807, 2.05) is 0 Å². The third-order valence-corrected chi connectivity index (χ3v) is 5.15. The Morgan fingerprint density at radius 1 is 0.882 bits per heavy atom. The second kappa shape index (κ2) is 9.41. The van der Waals surface area contributed by atoms with Gasteiger partial charge in [-0.2, -0.15) is 0 Å². The predicted molar refractivity (Wildman–Crippen MR) is 126 cm³/mol. The average molecular weight is 457 g/mol. The van der Waals surface area contributed by atoms with Crippen molar-refractivity contribution in [3.05, 3.63) is 102 Å². The highest BCUT2D eigenvalue weighted by Gasteiger charge is 2.14. The van der Waals surface area contributed by atoms with Crippen LogP contribution in [0.15, 0.2) is 84.9 Å². The highest BCUT2D eigenvalue weighted by Crippen LogP contribution is 2.30. The van der Waals surface area contributed by atoms with Gasteiger partial charge in [-0.3, -0.25) is 4.79 Å². The van der Waals surface area contributed by atoms with Gasteiger partial charge in [-0.1, -0.05) is 0 Å². The van der Waals surface area contributed by atoms with Crippen LogP contribution >= 0.6 is 0 Å². The summed E-state index contributed by atoms with van der Waals surface area (Å²) in [7, 11) is 1.79. The number of aromatic carboxylic acids is 1. The fourth-order valence-corrected chi connectivity index (χ4v) is 3.29. The van der Waals surface area contributed by atoms with Crippen LogP contribution in [0.25, 0.3) is 11.3 Å². The number of nitrogens with two attached hydrogens (primary N) is 1. The van der Waals surface area contributed by atoms with Crippen LogP contribution in [0.3, 0.4) is 0 Å². The molecule has 0 saturated carbocycles. The van der Waals surface area contributed by atoms with Crippen LogP contribution in [-0.4, -0.2) is 29.0 Å². The number of halogens is 1. The second-order valence-electron chi connectivity index (χ2n) is 7.45. The van der Waals surface area contributed by atoms with Crippen LogP contribution in [0.1, 0.15) is 20.8 Å². The largest absolute Gasteiger partial charge is 0.478 e. The zero-order valence-corrected chi connectivity index (χ0v) is 18.1. The van der Waals surface area contributed by atoms with Crippen LogP contribution in [0.4, 0.5) is 15.8 Å². The van der Waals surface area contributed by atoms with Gasteiger partial charge in [0.2, 0.25) is 0 Å². The van der Waals surface area contributed by atoms with Gasteiger partial charge in [0.05, 0.1) is 11.3 Å². The van der Waals surface area contributed by atoms with Crippen molar-refractivity contribution in [3.8, 4) is 22.8 Å². The van der Waals surface area contributed by atoms with E-state index in [-0.39, 0.29) is 17.1 Å². The van der Waals surface area contributed by atoms with Gasteiger partial charge < -0.3 is 20.5 Å². The SMILES string of the molecule is CN(c1ccc(C(=O)O)cc1)c1cc(C(N)=O)nc(-c2ccc(Oc3ccc(F)cc3)cc2)c1. The van der Waals surface area contributed by atoms with Crippen molar-refractivity contribution < 1.29 is 23.8 Å². The fourth-order valence-electron chi connectivity index (χ4n) is 3.29. The van der Waals surface area contributed by atoms with Crippen molar-refractivity contribution >= 4 is 23.3 Å². The molecule has 0 saturated heterocycles. The minimum absolute atomic E-state index is 0.0909. The molecule has 0 unspecified atom stereocenters. The van der Waals surface area contributed by atoms with Gasteiger partial charge in [-0.15, -0.1) is 0 Å². The van der Waals surface area contributed by atoms with Crippen LogP contribution in [0.5, 0.6) is 11.5 Å². The molecule has 34 heavy (non-hydrogen) atoms. The number of carbonyl (C=O) groups excluding carboxylic acids is 1. The molecule has 0 radical (unpaired) electrons. The maximum Gasteiger partial charge on any atom is 0.335 e. The smallest absolute Gasteiger partial charge is 0.335 e. The first kappa shape index (κ1) is 22.5. The van der Waals surface area contributed by atoms with Crippen molar-refractivity contribution in [2.75, 3.05) is 11.9 Å². The fraction of sp³-hybridized carbons (Fsp3) is 0.0385. The van der Waals surface area contributed by atoms with Crippen molar-refractivity contribution in [3.63, 3.8) is 0 Å².